The summed E-state index contributed by atoms with van der Waals surface area (Å²) in [6.45, 7) is -0.152. The van der Waals surface area contributed by atoms with Gasteiger partial charge in [-0.3, -0.25) is 4.98 Å². The van der Waals surface area contributed by atoms with E-state index < -0.39 is 6.04 Å². The fraction of sp³-hybridized carbons (Fsp3) is 0.200. The molecule has 0 saturated carbocycles. The molecule has 2 rings (SSSR count). The van der Waals surface area contributed by atoms with Crippen molar-refractivity contribution in [1.82, 2.24) is 9.97 Å². The number of aliphatic hydroxyl groups excluding tert-OH is 1. The summed E-state index contributed by atoms with van der Waals surface area (Å²) in [7, 11) is 0. The predicted octanol–water partition coefficient (Wildman–Crippen LogP) is 1.28. The van der Waals surface area contributed by atoms with E-state index in [2.05, 4.69) is 9.97 Å². The van der Waals surface area contributed by atoms with Crippen LogP contribution in [0.5, 0.6) is 0 Å². The van der Waals surface area contributed by atoms with Crippen molar-refractivity contribution in [3.05, 3.63) is 35.1 Å². The summed E-state index contributed by atoms with van der Waals surface area (Å²) in [5, 5.41) is 9.50. The van der Waals surface area contributed by atoms with E-state index in [1.54, 1.807) is 24.4 Å². The summed E-state index contributed by atoms with van der Waals surface area (Å²) >= 11 is 5.84. The maximum Gasteiger partial charge on any atom is 0.0905 e. The van der Waals surface area contributed by atoms with E-state index in [0.29, 0.717) is 16.2 Å². The summed E-state index contributed by atoms with van der Waals surface area (Å²) in [6, 6.07) is 4.77. The Morgan fingerprint density at radius 2 is 2.20 bits per heavy atom. The molecule has 0 aliphatic rings. The van der Waals surface area contributed by atoms with E-state index in [1.165, 1.54) is 0 Å². The third kappa shape index (κ3) is 2.07. The van der Waals surface area contributed by atoms with Crippen LogP contribution in [0.25, 0.3) is 11.0 Å². The summed E-state index contributed by atoms with van der Waals surface area (Å²) in [5.41, 5.74) is 7.64. The van der Waals surface area contributed by atoms with Crippen LogP contribution in [0.1, 0.15) is 11.7 Å². The van der Waals surface area contributed by atoms with Gasteiger partial charge in [0.1, 0.15) is 0 Å². The molecule has 15 heavy (non-hydrogen) atoms. The number of halogens is 1. The van der Waals surface area contributed by atoms with Crippen molar-refractivity contribution in [2.24, 2.45) is 5.73 Å². The molecule has 2 aromatic rings. The Bertz CT molecular complexity index is 489. The van der Waals surface area contributed by atoms with Crippen LogP contribution in [0.3, 0.4) is 0 Å². The molecule has 5 heteroatoms. The van der Waals surface area contributed by atoms with E-state index in [4.69, 9.17) is 22.4 Å². The Hall–Kier alpha value is -1.23. The molecule has 0 amide bonds. The van der Waals surface area contributed by atoms with Gasteiger partial charge in [0.25, 0.3) is 0 Å². The second-order valence-corrected chi connectivity index (χ2v) is 3.65. The van der Waals surface area contributed by atoms with Crippen molar-refractivity contribution in [2.45, 2.75) is 6.04 Å². The number of rotatable bonds is 2. The molecule has 0 fully saturated rings. The van der Waals surface area contributed by atoms with E-state index in [-0.39, 0.29) is 6.61 Å². The van der Waals surface area contributed by atoms with Crippen LogP contribution in [-0.4, -0.2) is 21.7 Å². The molecule has 0 aliphatic heterocycles. The first-order valence-electron chi connectivity index (χ1n) is 4.49. The minimum Gasteiger partial charge on any atom is -0.394 e. The van der Waals surface area contributed by atoms with Crippen molar-refractivity contribution >= 4 is 22.6 Å². The molecule has 1 aromatic carbocycles. The van der Waals surface area contributed by atoms with Gasteiger partial charge in [-0.2, -0.15) is 0 Å². The number of benzene rings is 1. The Balaban J connectivity index is 2.54. The van der Waals surface area contributed by atoms with Crippen molar-refractivity contribution in [2.75, 3.05) is 6.61 Å². The molecule has 3 N–H and O–H groups in total. The lowest BCUT2D eigenvalue weighted by molar-refractivity contribution is 0.266. The minimum atomic E-state index is -0.499. The first kappa shape index (κ1) is 10.3. The lowest BCUT2D eigenvalue weighted by atomic mass is 10.2. The lowest BCUT2D eigenvalue weighted by Crippen LogP contribution is -2.16. The highest BCUT2D eigenvalue weighted by molar-refractivity contribution is 6.31. The molecule has 4 nitrogen and oxygen atoms in total. The molecule has 0 aliphatic carbocycles. The lowest BCUT2D eigenvalue weighted by Gasteiger charge is -2.07. The van der Waals surface area contributed by atoms with Gasteiger partial charge in [0.2, 0.25) is 0 Å². The van der Waals surface area contributed by atoms with E-state index in [9.17, 15) is 0 Å². The van der Waals surface area contributed by atoms with Crippen LogP contribution in [-0.2, 0) is 0 Å². The zero-order chi connectivity index (χ0) is 10.8. The number of aliphatic hydroxyl groups is 1. The van der Waals surface area contributed by atoms with Gasteiger partial charge in [-0.15, -0.1) is 0 Å². The smallest absolute Gasteiger partial charge is 0.0905 e. The molecule has 0 radical (unpaired) electrons. The van der Waals surface area contributed by atoms with Gasteiger partial charge in [0.15, 0.2) is 0 Å². The molecule has 1 atom stereocenters. The zero-order valence-corrected chi connectivity index (χ0v) is 8.65. The number of fused-ring (bicyclic) bond motifs is 1. The van der Waals surface area contributed by atoms with Gasteiger partial charge < -0.3 is 10.8 Å². The Kier molecular flexibility index (Phi) is 2.81. The minimum absolute atomic E-state index is 0.152. The van der Waals surface area contributed by atoms with Crippen LogP contribution in [0.15, 0.2) is 24.4 Å². The second-order valence-electron chi connectivity index (χ2n) is 3.22. The first-order valence-corrected chi connectivity index (χ1v) is 4.87. The molecular weight excluding hydrogens is 214 g/mol. The second kappa shape index (κ2) is 4.10. The highest BCUT2D eigenvalue weighted by Crippen LogP contribution is 2.17. The van der Waals surface area contributed by atoms with Gasteiger partial charge in [0.05, 0.1) is 35.6 Å². The van der Waals surface area contributed by atoms with Crippen molar-refractivity contribution in [3.8, 4) is 0 Å². The summed E-state index contributed by atoms with van der Waals surface area (Å²) in [5.74, 6) is 0. The van der Waals surface area contributed by atoms with Crippen LogP contribution in [0, 0.1) is 0 Å². The topological polar surface area (TPSA) is 72.0 Å². The maximum atomic E-state index is 8.90. The third-order valence-corrected chi connectivity index (χ3v) is 2.33. The highest BCUT2D eigenvalue weighted by Gasteiger charge is 2.07. The Labute approximate surface area is 91.7 Å². The van der Waals surface area contributed by atoms with Crippen molar-refractivity contribution < 1.29 is 5.11 Å². The molecule has 1 unspecified atom stereocenters. The number of hydrogen-bond acceptors (Lipinski definition) is 4. The Morgan fingerprint density at radius 1 is 1.40 bits per heavy atom. The molecular formula is C10H10ClN3O. The van der Waals surface area contributed by atoms with Crippen LogP contribution in [0.4, 0.5) is 0 Å². The fourth-order valence-electron chi connectivity index (χ4n) is 1.27. The molecule has 0 bridgehead atoms. The van der Waals surface area contributed by atoms with Gasteiger partial charge in [-0.25, -0.2) is 4.98 Å². The van der Waals surface area contributed by atoms with E-state index in [1.807, 2.05) is 0 Å². The predicted molar refractivity (Wildman–Crippen MR) is 58.6 cm³/mol. The van der Waals surface area contributed by atoms with Crippen molar-refractivity contribution in [3.63, 3.8) is 0 Å². The zero-order valence-electron chi connectivity index (χ0n) is 7.89. The number of hydrogen-bond donors (Lipinski definition) is 2. The Morgan fingerprint density at radius 3 is 2.93 bits per heavy atom. The van der Waals surface area contributed by atoms with Gasteiger partial charge in [-0.05, 0) is 18.2 Å². The summed E-state index contributed by atoms with van der Waals surface area (Å²) < 4.78 is 0. The number of aromatic nitrogens is 2. The fourth-order valence-corrected chi connectivity index (χ4v) is 1.44. The van der Waals surface area contributed by atoms with Crippen LogP contribution >= 0.6 is 11.6 Å². The number of nitrogens with two attached hydrogens (primary N) is 1. The highest BCUT2D eigenvalue weighted by atomic mass is 35.5. The standard InChI is InChI=1S/C10H10ClN3O/c11-6-1-2-8-9(3-6)14-10(4-13-8)7(12)5-15/h1-4,7,15H,5,12H2. The summed E-state index contributed by atoms with van der Waals surface area (Å²) in [4.78, 5) is 8.45. The molecule has 1 aromatic heterocycles. The van der Waals surface area contributed by atoms with Gasteiger partial charge in [-0.1, -0.05) is 11.6 Å². The maximum absolute atomic E-state index is 8.90. The average molecular weight is 224 g/mol. The molecule has 78 valence electrons. The largest absolute Gasteiger partial charge is 0.394 e. The normalized spacial score (nSPS) is 13.0. The van der Waals surface area contributed by atoms with E-state index in [0.717, 1.165) is 5.52 Å². The quantitative estimate of drug-likeness (QED) is 0.805. The molecule has 0 spiro atoms. The SMILES string of the molecule is NC(CO)c1cnc2ccc(Cl)cc2n1. The van der Waals surface area contributed by atoms with Crippen LogP contribution in [0.2, 0.25) is 5.02 Å². The number of nitrogens with zero attached hydrogens (tertiary/aromatic N) is 2. The third-order valence-electron chi connectivity index (χ3n) is 2.10. The monoisotopic (exact) mass is 223 g/mol. The van der Waals surface area contributed by atoms with Crippen LogP contribution < -0.4 is 5.73 Å². The average Bonchev–Trinajstić information content (AvgIpc) is 2.27. The van der Waals surface area contributed by atoms with E-state index >= 15 is 0 Å². The van der Waals surface area contributed by atoms with Crippen molar-refractivity contribution in [1.29, 1.82) is 0 Å². The first-order chi connectivity index (χ1) is 7.20. The van der Waals surface area contributed by atoms with Gasteiger partial charge in [0, 0.05) is 5.02 Å². The summed E-state index contributed by atoms with van der Waals surface area (Å²) in [6.07, 6.45) is 1.57. The van der Waals surface area contributed by atoms with Gasteiger partial charge >= 0.3 is 0 Å². The molecule has 1 heterocycles. The molecule has 0 saturated heterocycles.